The molecule has 0 saturated heterocycles. The van der Waals surface area contributed by atoms with Crippen molar-refractivity contribution in [3.63, 3.8) is 0 Å². The molecule has 0 aliphatic carbocycles. The van der Waals surface area contributed by atoms with Crippen LogP contribution in [0.1, 0.15) is 32.3 Å². The summed E-state index contributed by atoms with van der Waals surface area (Å²) in [5.74, 6) is 0.739. The Morgan fingerprint density at radius 3 is 2.44 bits per heavy atom. The lowest BCUT2D eigenvalue weighted by molar-refractivity contribution is 0.0572. The normalized spacial score (nSPS) is 11.8. The first-order chi connectivity index (χ1) is 7.50. The van der Waals surface area contributed by atoms with Crippen molar-refractivity contribution in [1.82, 2.24) is 0 Å². The maximum atomic E-state index is 10.2. The Morgan fingerprint density at radius 1 is 1.31 bits per heavy atom. The third kappa shape index (κ3) is 3.42. The molecular formula is C13H21NOS. The first-order valence-corrected chi connectivity index (χ1v) is 6.70. The van der Waals surface area contributed by atoms with E-state index in [9.17, 15) is 5.11 Å². The summed E-state index contributed by atoms with van der Waals surface area (Å²) in [5, 5.41) is 10.2. The van der Waals surface area contributed by atoms with Crippen molar-refractivity contribution >= 4 is 17.4 Å². The fraction of sp³-hybridized carbons (Fsp3) is 0.538. The minimum Gasteiger partial charge on any atom is -0.399 e. The number of rotatable bonds is 5. The third-order valence-corrected chi connectivity index (χ3v) is 4.33. The van der Waals surface area contributed by atoms with Gasteiger partial charge in [0.1, 0.15) is 0 Å². The predicted molar refractivity (Wildman–Crippen MR) is 71.8 cm³/mol. The first-order valence-electron chi connectivity index (χ1n) is 5.72. The lowest BCUT2D eigenvalue weighted by atomic mass is 10.0. The molecule has 0 bridgehead atoms. The van der Waals surface area contributed by atoms with Gasteiger partial charge >= 0.3 is 0 Å². The highest BCUT2D eigenvalue weighted by atomic mass is 32.2. The number of benzene rings is 1. The van der Waals surface area contributed by atoms with E-state index in [1.165, 1.54) is 4.90 Å². The molecule has 16 heavy (non-hydrogen) atoms. The number of aliphatic hydroxyl groups is 1. The summed E-state index contributed by atoms with van der Waals surface area (Å²) in [5.41, 5.74) is 7.15. The summed E-state index contributed by atoms with van der Waals surface area (Å²) in [6, 6.07) is 6.01. The highest BCUT2D eigenvalue weighted by Gasteiger charge is 2.22. The van der Waals surface area contributed by atoms with E-state index in [1.807, 2.05) is 32.9 Å². The number of aryl methyl sites for hydroxylation is 1. The van der Waals surface area contributed by atoms with Crippen LogP contribution < -0.4 is 5.73 Å². The second-order valence-electron chi connectivity index (χ2n) is 4.24. The van der Waals surface area contributed by atoms with Crippen LogP contribution in [0, 0.1) is 6.92 Å². The number of hydrogen-bond acceptors (Lipinski definition) is 3. The maximum absolute atomic E-state index is 10.2. The van der Waals surface area contributed by atoms with Crippen LogP contribution >= 0.6 is 11.8 Å². The molecule has 1 rings (SSSR count). The zero-order chi connectivity index (χ0) is 12.2. The van der Waals surface area contributed by atoms with Crippen LogP contribution in [0.15, 0.2) is 23.1 Å². The van der Waals surface area contributed by atoms with Gasteiger partial charge in [-0.1, -0.05) is 13.8 Å². The standard InChI is InChI=1S/C13H21NOS/c1-4-13(15,5-2)9-16-11-6-7-12(14)10(3)8-11/h6-8,15H,4-5,9,14H2,1-3H3. The zero-order valence-corrected chi connectivity index (χ0v) is 11.1. The summed E-state index contributed by atoms with van der Waals surface area (Å²) in [6.07, 6.45) is 1.59. The van der Waals surface area contributed by atoms with Crippen molar-refractivity contribution in [2.24, 2.45) is 0 Å². The molecule has 0 amide bonds. The molecule has 0 heterocycles. The van der Waals surface area contributed by atoms with Gasteiger partial charge in [-0.3, -0.25) is 0 Å². The average Bonchev–Trinajstić information content (AvgIpc) is 2.30. The van der Waals surface area contributed by atoms with E-state index in [0.29, 0.717) is 0 Å². The van der Waals surface area contributed by atoms with E-state index >= 15 is 0 Å². The summed E-state index contributed by atoms with van der Waals surface area (Å²) < 4.78 is 0. The molecule has 1 aromatic rings. The van der Waals surface area contributed by atoms with Crippen molar-refractivity contribution in [1.29, 1.82) is 0 Å². The van der Waals surface area contributed by atoms with Gasteiger partial charge in [0, 0.05) is 16.3 Å². The molecule has 0 aromatic heterocycles. The fourth-order valence-electron chi connectivity index (χ4n) is 1.41. The topological polar surface area (TPSA) is 46.2 Å². The van der Waals surface area contributed by atoms with E-state index in [4.69, 9.17) is 5.73 Å². The predicted octanol–water partition coefficient (Wildman–Crippen LogP) is 3.22. The number of anilines is 1. The highest BCUT2D eigenvalue weighted by Crippen LogP contribution is 2.28. The van der Waals surface area contributed by atoms with Crippen molar-refractivity contribution in [3.05, 3.63) is 23.8 Å². The number of hydrogen-bond donors (Lipinski definition) is 2. The van der Waals surface area contributed by atoms with Crippen molar-refractivity contribution in [2.75, 3.05) is 11.5 Å². The van der Waals surface area contributed by atoms with Gasteiger partial charge in [-0.25, -0.2) is 0 Å². The Morgan fingerprint density at radius 2 is 1.94 bits per heavy atom. The van der Waals surface area contributed by atoms with Crippen molar-refractivity contribution in [3.8, 4) is 0 Å². The summed E-state index contributed by atoms with van der Waals surface area (Å²) in [6.45, 7) is 6.06. The van der Waals surface area contributed by atoms with E-state index in [0.717, 1.165) is 29.8 Å². The lowest BCUT2D eigenvalue weighted by Crippen LogP contribution is -2.29. The Balaban J connectivity index is 2.64. The average molecular weight is 239 g/mol. The largest absolute Gasteiger partial charge is 0.399 e. The van der Waals surface area contributed by atoms with Gasteiger partial charge in [0.2, 0.25) is 0 Å². The molecule has 0 radical (unpaired) electrons. The minimum atomic E-state index is -0.542. The fourth-order valence-corrected chi connectivity index (χ4v) is 2.68. The maximum Gasteiger partial charge on any atom is 0.0736 e. The molecule has 90 valence electrons. The summed E-state index contributed by atoms with van der Waals surface area (Å²) >= 11 is 1.69. The van der Waals surface area contributed by atoms with Crippen LogP contribution in [0.4, 0.5) is 5.69 Å². The molecule has 2 nitrogen and oxygen atoms in total. The Hall–Kier alpha value is -0.670. The van der Waals surface area contributed by atoms with E-state index in [1.54, 1.807) is 11.8 Å². The van der Waals surface area contributed by atoms with E-state index in [-0.39, 0.29) is 0 Å². The third-order valence-electron chi connectivity index (χ3n) is 3.07. The zero-order valence-electron chi connectivity index (χ0n) is 10.3. The van der Waals surface area contributed by atoms with Gasteiger partial charge in [0.05, 0.1) is 5.60 Å². The van der Waals surface area contributed by atoms with Gasteiger partial charge < -0.3 is 10.8 Å². The molecule has 1 aromatic carbocycles. The molecule has 0 aliphatic rings. The SMILES string of the molecule is CCC(O)(CC)CSc1ccc(N)c(C)c1. The van der Waals surface area contributed by atoms with E-state index in [2.05, 4.69) is 6.07 Å². The number of thioether (sulfide) groups is 1. The smallest absolute Gasteiger partial charge is 0.0736 e. The Labute approximate surface area is 102 Å². The summed E-state index contributed by atoms with van der Waals surface area (Å²) in [7, 11) is 0. The van der Waals surface area contributed by atoms with Crippen LogP contribution in [-0.4, -0.2) is 16.5 Å². The minimum absolute atomic E-state index is 0.542. The Kier molecular flexibility index (Phi) is 4.69. The molecular weight excluding hydrogens is 218 g/mol. The second-order valence-corrected chi connectivity index (χ2v) is 5.29. The van der Waals surface area contributed by atoms with Crippen LogP contribution in [-0.2, 0) is 0 Å². The highest BCUT2D eigenvalue weighted by molar-refractivity contribution is 7.99. The van der Waals surface area contributed by atoms with Gasteiger partial charge in [-0.05, 0) is 43.5 Å². The van der Waals surface area contributed by atoms with Crippen LogP contribution in [0.5, 0.6) is 0 Å². The quantitative estimate of drug-likeness (QED) is 0.612. The molecule has 0 saturated carbocycles. The first kappa shape index (κ1) is 13.4. The number of nitrogen functional groups attached to an aromatic ring is 1. The molecule has 0 unspecified atom stereocenters. The Bertz CT molecular complexity index is 348. The van der Waals surface area contributed by atoms with Gasteiger partial charge in [0.15, 0.2) is 0 Å². The summed E-state index contributed by atoms with van der Waals surface area (Å²) in [4.78, 5) is 1.17. The van der Waals surface area contributed by atoms with Crippen LogP contribution in [0.2, 0.25) is 0 Å². The van der Waals surface area contributed by atoms with E-state index < -0.39 is 5.60 Å². The van der Waals surface area contributed by atoms with Crippen molar-refractivity contribution < 1.29 is 5.11 Å². The van der Waals surface area contributed by atoms with Crippen molar-refractivity contribution in [2.45, 2.75) is 44.1 Å². The molecule has 0 aliphatic heterocycles. The molecule has 0 atom stereocenters. The lowest BCUT2D eigenvalue weighted by Gasteiger charge is -2.24. The van der Waals surface area contributed by atoms with Gasteiger partial charge in [-0.2, -0.15) is 0 Å². The van der Waals surface area contributed by atoms with Crippen LogP contribution in [0.25, 0.3) is 0 Å². The molecule has 3 heteroatoms. The molecule has 0 fully saturated rings. The number of nitrogens with two attached hydrogens (primary N) is 1. The second kappa shape index (κ2) is 5.60. The molecule has 3 N–H and O–H groups in total. The van der Waals surface area contributed by atoms with Gasteiger partial charge in [-0.15, -0.1) is 11.8 Å². The van der Waals surface area contributed by atoms with Crippen LogP contribution in [0.3, 0.4) is 0 Å². The molecule has 0 spiro atoms. The monoisotopic (exact) mass is 239 g/mol. The van der Waals surface area contributed by atoms with Gasteiger partial charge in [0.25, 0.3) is 0 Å².